The topological polar surface area (TPSA) is 75.2 Å². The molecule has 0 saturated heterocycles. The number of hydrogen-bond donors (Lipinski definition) is 1. The van der Waals surface area contributed by atoms with Crippen LogP contribution in [0.5, 0.6) is 0 Å². The van der Waals surface area contributed by atoms with E-state index in [4.69, 9.17) is 15.2 Å². The predicted molar refractivity (Wildman–Crippen MR) is 65.8 cm³/mol. The quantitative estimate of drug-likeness (QED) is 0.689. The van der Waals surface area contributed by atoms with Crippen molar-refractivity contribution in [2.45, 2.75) is 32.7 Å². The molecule has 1 aromatic heterocycles. The first-order valence-electron chi connectivity index (χ1n) is 5.92. The second-order valence-corrected chi connectivity index (χ2v) is 4.20. The maximum atomic E-state index is 5.77. The first-order valence-corrected chi connectivity index (χ1v) is 5.92. The third-order valence-electron chi connectivity index (χ3n) is 2.44. The summed E-state index contributed by atoms with van der Waals surface area (Å²) in [5.74, 6) is 0.861. The Hall–Kier alpha value is -1.14. The van der Waals surface area contributed by atoms with Gasteiger partial charge in [-0.1, -0.05) is 19.1 Å². The fourth-order valence-corrected chi connectivity index (χ4v) is 1.65. The fourth-order valence-electron chi connectivity index (χ4n) is 1.65. The molecule has 0 aliphatic carbocycles. The van der Waals surface area contributed by atoms with E-state index in [1.54, 1.807) is 7.11 Å². The van der Waals surface area contributed by atoms with Gasteiger partial charge in [-0.25, -0.2) is 4.68 Å². The van der Waals surface area contributed by atoms with E-state index in [0.717, 1.165) is 18.7 Å². The van der Waals surface area contributed by atoms with Crippen LogP contribution in [0.15, 0.2) is 0 Å². The van der Waals surface area contributed by atoms with E-state index in [1.165, 1.54) is 0 Å². The SMILES string of the molecule is COCCOCCCn1nnc(N)c1C(C)C. The highest BCUT2D eigenvalue weighted by atomic mass is 16.5. The number of nitrogens with two attached hydrogens (primary N) is 1. The first-order chi connectivity index (χ1) is 8.16. The standard InChI is InChI=1S/C11H22N4O2/c1-9(2)10-11(12)13-14-15(10)5-4-6-17-8-7-16-3/h9H,4-8,12H2,1-3H3. The van der Waals surface area contributed by atoms with Gasteiger partial charge in [0.1, 0.15) is 0 Å². The van der Waals surface area contributed by atoms with Crippen LogP contribution >= 0.6 is 0 Å². The van der Waals surface area contributed by atoms with Crippen molar-refractivity contribution in [3.05, 3.63) is 5.69 Å². The van der Waals surface area contributed by atoms with Crippen molar-refractivity contribution < 1.29 is 9.47 Å². The molecule has 0 spiro atoms. The highest BCUT2D eigenvalue weighted by Gasteiger charge is 2.12. The number of hydrogen-bond acceptors (Lipinski definition) is 5. The van der Waals surface area contributed by atoms with E-state index in [1.807, 2.05) is 4.68 Å². The molecular weight excluding hydrogens is 220 g/mol. The Labute approximate surface area is 102 Å². The predicted octanol–water partition coefficient (Wildman–Crippen LogP) is 1.04. The number of aromatic nitrogens is 3. The Morgan fingerprint density at radius 3 is 2.71 bits per heavy atom. The summed E-state index contributed by atoms with van der Waals surface area (Å²) in [6, 6.07) is 0. The molecule has 1 aromatic rings. The van der Waals surface area contributed by atoms with Crippen LogP contribution in [-0.2, 0) is 16.0 Å². The lowest BCUT2D eigenvalue weighted by molar-refractivity contribution is 0.0675. The summed E-state index contributed by atoms with van der Waals surface area (Å²) >= 11 is 0. The molecule has 0 fully saturated rings. The summed E-state index contributed by atoms with van der Waals surface area (Å²) in [7, 11) is 1.66. The minimum absolute atomic E-state index is 0.333. The number of anilines is 1. The van der Waals surface area contributed by atoms with E-state index in [9.17, 15) is 0 Å². The van der Waals surface area contributed by atoms with Crippen molar-refractivity contribution in [1.29, 1.82) is 0 Å². The largest absolute Gasteiger partial charge is 0.382 e. The van der Waals surface area contributed by atoms with Crippen molar-refractivity contribution in [3.8, 4) is 0 Å². The highest BCUT2D eigenvalue weighted by Crippen LogP contribution is 2.18. The Morgan fingerprint density at radius 2 is 2.06 bits per heavy atom. The smallest absolute Gasteiger partial charge is 0.169 e. The third-order valence-corrected chi connectivity index (χ3v) is 2.44. The Balaban J connectivity index is 2.32. The molecule has 0 amide bonds. The van der Waals surface area contributed by atoms with Crippen LogP contribution in [-0.4, -0.2) is 41.9 Å². The molecule has 1 heterocycles. The van der Waals surface area contributed by atoms with Gasteiger partial charge in [-0.2, -0.15) is 0 Å². The lowest BCUT2D eigenvalue weighted by Gasteiger charge is -2.09. The summed E-state index contributed by atoms with van der Waals surface area (Å²) < 4.78 is 12.1. The van der Waals surface area contributed by atoms with Gasteiger partial charge in [-0.3, -0.25) is 0 Å². The number of nitrogen functional groups attached to an aromatic ring is 1. The van der Waals surface area contributed by atoms with Gasteiger partial charge in [0.25, 0.3) is 0 Å². The lowest BCUT2D eigenvalue weighted by Crippen LogP contribution is -2.11. The number of rotatable bonds is 8. The van der Waals surface area contributed by atoms with Gasteiger partial charge < -0.3 is 15.2 Å². The molecule has 0 saturated carbocycles. The Kier molecular flexibility index (Phi) is 5.93. The van der Waals surface area contributed by atoms with Crippen LogP contribution in [0.2, 0.25) is 0 Å². The van der Waals surface area contributed by atoms with Crippen LogP contribution in [0.3, 0.4) is 0 Å². The average molecular weight is 242 g/mol. The second-order valence-electron chi connectivity index (χ2n) is 4.20. The minimum atomic E-state index is 0.333. The van der Waals surface area contributed by atoms with Gasteiger partial charge in [0.2, 0.25) is 0 Å². The van der Waals surface area contributed by atoms with Crippen molar-refractivity contribution in [2.75, 3.05) is 32.7 Å². The molecule has 1 rings (SSSR count). The van der Waals surface area contributed by atoms with Crippen LogP contribution in [0.4, 0.5) is 5.82 Å². The summed E-state index contributed by atoms with van der Waals surface area (Å²) in [6.07, 6.45) is 0.895. The molecule has 0 aliphatic heterocycles. The van der Waals surface area contributed by atoms with E-state index in [2.05, 4.69) is 24.2 Å². The summed E-state index contributed by atoms with van der Waals surface area (Å²) in [5, 5.41) is 7.93. The zero-order valence-corrected chi connectivity index (χ0v) is 10.8. The number of aryl methyl sites for hydroxylation is 1. The van der Waals surface area contributed by atoms with Gasteiger partial charge in [0.15, 0.2) is 5.82 Å². The van der Waals surface area contributed by atoms with E-state index >= 15 is 0 Å². The molecule has 98 valence electrons. The van der Waals surface area contributed by atoms with Gasteiger partial charge in [0, 0.05) is 20.3 Å². The number of nitrogens with zero attached hydrogens (tertiary/aromatic N) is 3. The van der Waals surface area contributed by atoms with Crippen LogP contribution in [0, 0.1) is 0 Å². The van der Waals surface area contributed by atoms with E-state index < -0.39 is 0 Å². The number of ether oxygens (including phenoxy) is 2. The average Bonchev–Trinajstić information content (AvgIpc) is 2.65. The molecule has 0 aliphatic rings. The van der Waals surface area contributed by atoms with Crippen molar-refractivity contribution in [1.82, 2.24) is 15.0 Å². The maximum absolute atomic E-state index is 5.77. The van der Waals surface area contributed by atoms with Gasteiger partial charge in [-0.15, -0.1) is 5.10 Å². The molecule has 2 N–H and O–H groups in total. The van der Waals surface area contributed by atoms with E-state index in [0.29, 0.717) is 31.6 Å². The Morgan fingerprint density at radius 1 is 1.29 bits per heavy atom. The maximum Gasteiger partial charge on any atom is 0.169 e. The molecular formula is C11H22N4O2. The molecule has 0 atom stereocenters. The first kappa shape index (κ1) is 13.9. The van der Waals surface area contributed by atoms with Crippen LogP contribution in [0.25, 0.3) is 0 Å². The molecule has 0 radical (unpaired) electrons. The molecule has 6 nitrogen and oxygen atoms in total. The van der Waals surface area contributed by atoms with Crippen molar-refractivity contribution in [2.24, 2.45) is 0 Å². The molecule has 17 heavy (non-hydrogen) atoms. The van der Waals surface area contributed by atoms with E-state index in [-0.39, 0.29) is 0 Å². The molecule has 0 aromatic carbocycles. The third kappa shape index (κ3) is 4.32. The van der Waals surface area contributed by atoms with Crippen LogP contribution < -0.4 is 5.73 Å². The van der Waals surface area contributed by atoms with Gasteiger partial charge in [0.05, 0.1) is 18.9 Å². The zero-order chi connectivity index (χ0) is 12.7. The normalized spacial score (nSPS) is 11.3. The molecule has 0 bridgehead atoms. The number of methoxy groups -OCH3 is 1. The van der Waals surface area contributed by atoms with Crippen molar-refractivity contribution >= 4 is 5.82 Å². The summed E-state index contributed by atoms with van der Waals surface area (Å²) in [4.78, 5) is 0. The van der Waals surface area contributed by atoms with Crippen molar-refractivity contribution in [3.63, 3.8) is 0 Å². The second kappa shape index (κ2) is 7.24. The van der Waals surface area contributed by atoms with Crippen LogP contribution in [0.1, 0.15) is 31.9 Å². The fraction of sp³-hybridized carbons (Fsp3) is 0.818. The van der Waals surface area contributed by atoms with Gasteiger partial charge >= 0.3 is 0 Å². The summed E-state index contributed by atoms with van der Waals surface area (Å²) in [6.45, 7) is 6.91. The minimum Gasteiger partial charge on any atom is -0.382 e. The summed E-state index contributed by atoms with van der Waals surface area (Å²) in [5.41, 5.74) is 6.77. The Bertz CT molecular complexity index is 325. The molecule has 0 unspecified atom stereocenters. The lowest BCUT2D eigenvalue weighted by atomic mass is 10.1. The zero-order valence-electron chi connectivity index (χ0n) is 10.8. The monoisotopic (exact) mass is 242 g/mol. The van der Waals surface area contributed by atoms with Gasteiger partial charge in [-0.05, 0) is 12.3 Å². The highest BCUT2D eigenvalue weighted by molar-refractivity contribution is 5.34. The molecule has 6 heteroatoms.